The van der Waals surface area contributed by atoms with Gasteiger partial charge in [0.1, 0.15) is 6.61 Å². The summed E-state index contributed by atoms with van der Waals surface area (Å²) in [4.78, 5) is 0. The third kappa shape index (κ3) is 5.92. The Morgan fingerprint density at radius 1 is 1.57 bits per heavy atom. The highest BCUT2D eigenvalue weighted by molar-refractivity contribution is 4.41. The molecule has 0 saturated carbocycles. The molecule has 0 saturated heterocycles. The maximum Gasteiger partial charge on any atom is 0.109 e. The van der Waals surface area contributed by atoms with Crippen LogP contribution in [0.1, 0.15) is 6.92 Å². The number of rotatable bonds is 4. The van der Waals surface area contributed by atoms with Crippen LogP contribution in [0.2, 0.25) is 0 Å². The van der Waals surface area contributed by atoms with Crippen molar-refractivity contribution in [3.05, 3.63) is 6.61 Å². The second kappa shape index (κ2) is 5.92. The van der Waals surface area contributed by atoms with E-state index >= 15 is 0 Å². The number of ether oxygens (including phenoxy) is 2. The molecule has 1 radical (unpaired) electrons. The molecule has 0 N–H and O–H groups in total. The predicted octanol–water partition coefficient (Wildman–Crippen LogP) is 0.831. The van der Waals surface area contributed by atoms with Crippen molar-refractivity contribution < 1.29 is 9.47 Å². The largest absolute Gasteiger partial charge is 0.379 e. The van der Waals surface area contributed by atoms with Gasteiger partial charge in [0.2, 0.25) is 0 Å². The average molecular weight is 103 g/mol. The van der Waals surface area contributed by atoms with E-state index in [0.717, 1.165) is 6.61 Å². The minimum atomic E-state index is 0.590. The third-order valence-corrected chi connectivity index (χ3v) is 0.557. The predicted molar refractivity (Wildman–Crippen MR) is 27.8 cm³/mol. The van der Waals surface area contributed by atoms with Crippen molar-refractivity contribution in [1.29, 1.82) is 0 Å². The van der Waals surface area contributed by atoms with Gasteiger partial charge in [-0.15, -0.1) is 0 Å². The molecule has 7 heavy (non-hydrogen) atoms. The van der Waals surface area contributed by atoms with Crippen molar-refractivity contribution in [3.63, 3.8) is 0 Å². The highest BCUT2D eigenvalue weighted by Crippen LogP contribution is 1.77. The van der Waals surface area contributed by atoms with Gasteiger partial charge >= 0.3 is 0 Å². The van der Waals surface area contributed by atoms with Gasteiger partial charge in [-0.2, -0.15) is 0 Å². The van der Waals surface area contributed by atoms with Crippen LogP contribution in [0.15, 0.2) is 0 Å². The smallest absolute Gasteiger partial charge is 0.109 e. The summed E-state index contributed by atoms with van der Waals surface area (Å²) in [7, 11) is 1.61. The second-order valence-corrected chi connectivity index (χ2v) is 1.06. The first-order valence-corrected chi connectivity index (χ1v) is 2.34. The molecule has 0 aromatic rings. The van der Waals surface area contributed by atoms with Crippen molar-refractivity contribution in [1.82, 2.24) is 0 Å². The van der Waals surface area contributed by atoms with Gasteiger partial charge in [-0.1, -0.05) is 0 Å². The molecule has 0 spiro atoms. The zero-order chi connectivity index (χ0) is 5.54. The molecule has 0 unspecified atom stereocenters. The SMILES string of the molecule is CCOC[CH]OC. The van der Waals surface area contributed by atoms with Gasteiger partial charge < -0.3 is 9.47 Å². The molecular formula is C5H11O2. The molecule has 0 rings (SSSR count). The summed E-state index contributed by atoms with van der Waals surface area (Å²) in [6.07, 6.45) is 0. The molecular weight excluding hydrogens is 92.1 g/mol. The Labute approximate surface area is 44.4 Å². The maximum absolute atomic E-state index is 4.89. The highest BCUT2D eigenvalue weighted by Gasteiger charge is 1.79. The van der Waals surface area contributed by atoms with Crippen molar-refractivity contribution in [2.45, 2.75) is 6.92 Å². The minimum absolute atomic E-state index is 0.590. The lowest BCUT2D eigenvalue weighted by atomic mass is 10.7. The van der Waals surface area contributed by atoms with Gasteiger partial charge in [0.15, 0.2) is 0 Å². The fourth-order valence-electron chi connectivity index (χ4n) is 0.234. The van der Waals surface area contributed by atoms with Gasteiger partial charge in [0.05, 0.1) is 6.61 Å². The zero-order valence-electron chi connectivity index (χ0n) is 4.81. The lowest BCUT2D eigenvalue weighted by Gasteiger charge is -1.95. The van der Waals surface area contributed by atoms with E-state index < -0.39 is 0 Å². The van der Waals surface area contributed by atoms with Crippen LogP contribution in [0.25, 0.3) is 0 Å². The fraction of sp³-hybridized carbons (Fsp3) is 0.800. The van der Waals surface area contributed by atoms with Crippen molar-refractivity contribution in [2.75, 3.05) is 20.3 Å². The Kier molecular flexibility index (Phi) is 5.85. The summed E-state index contributed by atoms with van der Waals surface area (Å²) in [5.74, 6) is 0. The molecule has 0 aliphatic heterocycles. The summed E-state index contributed by atoms with van der Waals surface area (Å²) < 4.78 is 9.49. The molecule has 43 valence electrons. The van der Waals surface area contributed by atoms with E-state index in [4.69, 9.17) is 4.74 Å². The summed E-state index contributed by atoms with van der Waals surface area (Å²) in [6, 6.07) is 0. The van der Waals surface area contributed by atoms with Crippen LogP contribution < -0.4 is 0 Å². The normalized spacial score (nSPS) is 9.43. The molecule has 2 nitrogen and oxygen atoms in total. The average Bonchev–Trinajstić information content (AvgIpc) is 1.69. The van der Waals surface area contributed by atoms with Crippen LogP contribution in [-0.4, -0.2) is 20.3 Å². The Bertz CT molecular complexity index is 25.3. The molecule has 0 aliphatic carbocycles. The van der Waals surface area contributed by atoms with Crippen molar-refractivity contribution in [3.8, 4) is 0 Å². The molecule has 2 heteroatoms. The lowest BCUT2D eigenvalue weighted by Crippen LogP contribution is -1.94. The van der Waals surface area contributed by atoms with E-state index in [9.17, 15) is 0 Å². The van der Waals surface area contributed by atoms with E-state index in [1.165, 1.54) is 0 Å². The number of hydrogen-bond acceptors (Lipinski definition) is 2. The Hall–Kier alpha value is -0.0800. The molecule has 0 aromatic heterocycles. The molecule has 0 aliphatic rings. The topological polar surface area (TPSA) is 18.5 Å². The summed E-state index contributed by atoms with van der Waals surface area (Å²) in [5, 5.41) is 0. The molecule has 0 atom stereocenters. The zero-order valence-corrected chi connectivity index (χ0v) is 4.81. The summed E-state index contributed by atoms with van der Waals surface area (Å²) >= 11 is 0. The summed E-state index contributed by atoms with van der Waals surface area (Å²) in [6.45, 7) is 4.90. The van der Waals surface area contributed by atoms with Crippen molar-refractivity contribution in [2.24, 2.45) is 0 Å². The standard InChI is InChI=1S/C5H11O2/c1-3-7-5-4-6-2/h4H,3,5H2,1-2H3. The molecule has 0 amide bonds. The molecule has 0 aromatic carbocycles. The second-order valence-electron chi connectivity index (χ2n) is 1.06. The maximum atomic E-state index is 4.89. The van der Waals surface area contributed by atoms with Crippen LogP contribution in [0.5, 0.6) is 0 Å². The van der Waals surface area contributed by atoms with Gasteiger partial charge in [-0.25, -0.2) is 0 Å². The minimum Gasteiger partial charge on any atom is -0.379 e. The Balaban J connectivity index is 2.45. The molecule has 0 heterocycles. The number of methoxy groups -OCH3 is 1. The third-order valence-electron chi connectivity index (χ3n) is 0.557. The van der Waals surface area contributed by atoms with E-state index in [-0.39, 0.29) is 0 Å². The molecule has 0 fully saturated rings. The van der Waals surface area contributed by atoms with E-state index in [2.05, 4.69) is 4.74 Å². The first-order valence-electron chi connectivity index (χ1n) is 2.34. The summed E-state index contributed by atoms with van der Waals surface area (Å²) in [5.41, 5.74) is 0. The van der Waals surface area contributed by atoms with E-state index in [0.29, 0.717) is 6.61 Å². The first kappa shape index (κ1) is 6.92. The van der Waals surface area contributed by atoms with Crippen LogP contribution >= 0.6 is 0 Å². The Morgan fingerprint density at radius 3 is 2.71 bits per heavy atom. The van der Waals surface area contributed by atoms with E-state index in [1.54, 1.807) is 13.7 Å². The fourth-order valence-corrected chi connectivity index (χ4v) is 0.234. The number of hydrogen-bond donors (Lipinski definition) is 0. The van der Waals surface area contributed by atoms with Crippen LogP contribution in [-0.2, 0) is 9.47 Å². The Morgan fingerprint density at radius 2 is 2.29 bits per heavy atom. The van der Waals surface area contributed by atoms with Crippen LogP contribution in [0.3, 0.4) is 0 Å². The highest BCUT2D eigenvalue weighted by atomic mass is 16.5. The first-order chi connectivity index (χ1) is 3.41. The molecule has 0 bridgehead atoms. The van der Waals surface area contributed by atoms with Gasteiger partial charge in [0.25, 0.3) is 0 Å². The van der Waals surface area contributed by atoms with Gasteiger partial charge in [-0.05, 0) is 6.92 Å². The quantitative estimate of drug-likeness (QED) is 0.491. The van der Waals surface area contributed by atoms with Crippen molar-refractivity contribution >= 4 is 0 Å². The van der Waals surface area contributed by atoms with E-state index in [1.807, 2.05) is 6.92 Å². The van der Waals surface area contributed by atoms with Crippen LogP contribution in [0.4, 0.5) is 0 Å². The lowest BCUT2D eigenvalue weighted by molar-refractivity contribution is 0.118. The van der Waals surface area contributed by atoms with Gasteiger partial charge in [0, 0.05) is 13.7 Å². The van der Waals surface area contributed by atoms with Gasteiger partial charge in [-0.3, -0.25) is 0 Å². The monoisotopic (exact) mass is 103 g/mol. The van der Waals surface area contributed by atoms with Crippen LogP contribution in [0, 0.1) is 6.61 Å².